The molecule has 0 rings (SSSR count). The molecule has 3 N–H and O–H groups in total. The minimum absolute atomic E-state index is 0.0160. The van der Waals surface area contributed by atoms with Crippen molar-refractivity contribution in [3.8, 4) is 0 Å². The van der Waals surface area contributed by atoms with E-state index in [1.165, 1.54) is 9.80 Å². The van der Waals surface area contributed by atoms with Crippen LogP contribution in [-0.2, 0) is 19.2 Å². The van der Waals surface area contributed by atoms with E-state index < -0.39 is 5.92 Å². The van der Waals surface area contributed by atoms with E-state index in [1.807, 2.05) is 0 Å². The Morgan fingerprint density at radius 3 is 2.18 bits per heavy atom. The van der Waals surface area contributed by atoms with E-state index >= 15 is 0 Å². The topological polar surface area (TPSA) is 113 Å². The molecule has 0 fully saturated rings. The first-order valence-electron chi connectivity index (χ1n) is 10.0. The molecule has 1 atom stereocenters. The molecule has 28 heavy (non-hydrogen) atoms. The van der Waals surface area contributed by atoms with Crippen LogP contribution in [0.1, 0.15) is 46.0 Å². The Bertz CT molecular complexity index is 522. The molecule has 0 saturated carbocycles. The van der Waals surface area contributed by atoms with Crippen molar-refractivity contribution in [2.75, 3.05) is 47.3 Å². The van der Waals surface area contributed by atoms with Gasteiger partial charge in [0.15, 0.2) is 11.6 Å². The van der Waals surface area contributed by atoms with Crippen molar-refractivity contribution in [2.45, 2.75) is 46.0 Å². The van der Waals surface area contributed by atoms with Gasteiger partial charge in [-0.1, -0.05) is 20.3 Å². The van der Waals surface area contributed by atoms with Crippen LogP contribution >= 0.6 is 0 Å². The molecule has 0 aromatic heterocycles. The second-order valence-corrected chi connectivity index (χ2v) is 7.64. The maximum Gasteiger partial charge on any atom is 0.226 e. The highest BCUT2D eigenvalue weighted by Crippen LogP contribution is 2.17. The van der Waals surface area contributed by atoms with Crippen LogP contribution in [0.15, 0.2) is 0 Å². The number of amides is 2. The standard InChI is InChI=1S/C20H38N4O4/c1-15(2)18(26)14-24(5)20(28)16(8-6-7-10-21)12-17(25)13-23(4)19(27)9-11-22-3/h15-16,22H,6-14,21H2,1-5H3/t16-/m1/s1. The third-order valence-electron chi connectivity index (χ3n) is 4.67. The minimum Gasteiger partial charge on any atom is -0.338 e. The van der Waals surface area contributed by atoms with Crippen molar-refractivity contribution in [2.24, 2.45) is 17.6 Å². The molecule has 0 unspecified atom stereocenters. The minimum atomic E-state index is -0.496. The van der Waals surface area contributed by atoms with Gasteiger partial charge in [0.25, 0.3) is 0 Å². The van der Waals surface area contributed by atoms with Gasteiger partial charge in [0.1, 0.15) is 0 Å². The van der Waals surface area contributed by atoms with Crippen molar-refractivity contribution in [3.05, 3.63) is 0 Å². The monoisotopic (exact) mass is 398 g/mol. The molecular weight excluding hydrogens is 360 g/mol. The van der Waals surface area contributed by atoms with Crippen LogP contribution in [0.2, 0.25) is 0 Å². The highest BCUT2D eigenvalue weighted by molar-refractivity contribution is 5.92. The molecule has 0 aliphatic carbocycles. The predicted octanol–water partition coefficient (Wildman–Crippen LogP) is 0.442. The Morgan fingerprint density at radius 2 is 1.64 bits per heavy atom. The van der Waals surface area contributed by atoms with Crippen molar-refractivity contribution < 1.29 is 19.2 Å². The molecule has 0 bridgehead atoms. The molecule has 0 aliphatic rings. The number of nitrogens with one attached hydrogen (secondary N) is 1. The smallest absolute Gasteiger partial charge is 0.226 e. The Hall–Kier alpha value is -1.80. The highest BCUT2D eigenvalue weighted by atomic mass is 16.2. The van der Waals surface area contributed by atoms with Crippen LogP contribution in [0, 0.1) is 11.8 Å². The molecule has 0 aromatic rings. The lowest BCUT2D eigenvalue weighted by atomic mass is 9.94. The molecule has 162 valence electrons. The van der Waals surface area contributed by atoms with Gasteiger partial charge < -0.3 is 20.9 Å². The Balaban J connectivity index is 4.89. The average molecular weight is 399 g/mol. The first kappa shape index (κ1) is 26.2. The highest BCUT2D eigenvalue weighted by Gasteiger charge is 2.26. The molecule has 0 aliphatic heterocycles. The Labute approximate surface area is 169 Å². The van der Waals surface area contributed by atoms with Gasteiger partial charge in [0.05, 0.1) is 13.1 Å². The molecule has 0 saturated heterocycles. The van der Waals surface area contributed by atoms with Gasteiger partial charge >= 0.3 is 0 Å². The molecule has 8 nitrogen and oxygen atoms in total. The number of hydrogen-bond donors (Lipinski definition) is 2. The zero-order valence-electron chi connectivity index (χ0n) is 18.1. The molecule has 0 radical (unpaired) electrons. The normalized spacial score (nSPS) is 12.0. The van der Waals surface area contributed by atoms with Crippen LogP contribution in [-0.4, -0.2) is 80.5 Å². The van der Waals surface area contributed by atoms with E-state index in [0.717, 1.165) is 12.8 Å². The molecule has 0 heterocycles. The third kappa shape index (κ3) is 10.5. The summed E-state index contributed by atoms with van der Waals surface area (Å²) in [7, 11) is 4.95. The SMILES string of the molecule is CNCCC(=O)N(C)CC(=O)C[C@@H](CCCCN)C(=O)N(C)CC(=O)C(C)C. The van der Waals surface area contributed by atoms with Crippen molar-refractivity contribution in [1.29, 1.82) is 0 Å². The van der Waals surface area contributed by atoms with Gasteiger partial charge in [-0.3, -0.25) is 19.2 Å². The lowest BCUT2D eigenvalue weighted by Crippen LogP contribution is -2.40. The van der Waals surface area contributed by atoms with E-state index in [9.17, 15) is 19.2 Å². The summed E-state index contributed by atoms with van der Waals surface area (Å²) in [4.78, 5) is 52.0. The summed E-state index contributed by atoms with van der Waals surface area (Å²) in [6, 6.07) is 0. The Kier molecular flexibility index (Phi) is 13.3. The van der Waals surface area contributed by atoms with Crippen LogP contribution in [0.25, 0.3) is 0 Å². The number of hydrogen-bond acceptors (Lipinski definition) is 6. The first-order valence-corrected chi connectivity index (χ1v) is 10.0. The van der Waals surface area contributed by atoms with Crippen LogP contribution in [0.3, 0.4) is 0 Å². The van der Waals surface area contributed by atoms with E-state index in [1.54, 1.807) is 35.0 Å². The number of unbranched alkanes of at least 4 members (excludes halogenated alkanes) is 1. The number of nitrogens with two attached hydrogens (primary N) is 1. The molecule has 8 heteroatoms. The number of carbonyl (C=O) groups excluding carboxylic acids is 4. The fraction of sp³-hybridized carbons (Fsp3) is 0.800. The zero-order valence-corrected chi connectivity index (χ0v) is 18.1. The number of ketones is 2. The number of likely N-dealkylation sites (N-methyl/N-ethyl adjacent to an activating group) is 2. The molecule has 2 amide bonds. The van der Waals surface area contributed by atoms with Crippen molar-refractivity contribution in [3.63, 3.8) is 0 Å². The van der Waals surface area contributed by atoms with Crippen molar-refractivity contribution in [1.82, 2.24) is 15.1 Å². The summed E-state index contributed by atoms with van der Waals surface area (Å²) >= 11 is 0. The first-order chi connectivity index (χ1) is 13.1. The van der Waals surface area contributed by atoms with E-state index in [-0.39, 0.29) is 48.8 Å². The number of Topliss-reactive ketones (excluding diaryl/α,β-unsaturated/α-hetero) is 2. The summed E-state index contributed by atoms with van der Waals surface area (Å²) in [6.45, 7) is 4.69. The van der Waals surface area contributed by atoms with Crippen LogP contribution in [0.4, 0.5) is 0 Å². The van der Waals surface area contributed by atoms with E-state index in [0.29, 0.717) is 25.9 Å². The maximum atomic E-state index is 12.8. The van der Waals surface area contributed by atoms with Gasteiger partial charge in [0.2, 0.25) is 11.8 Å². The molecular formula is C20H38N4O4. The zero-order chi connectivity index (χ0) is 21.7. The van der Waals surface area contributed by atoms with Crippen LogP contribution < -0.4 is 11.1 Å². The summed E-state index contributed by atoms with van der Waals surface area (Å²) in [5.74, 6) is -1.14. The van der Waals surface area contributed by atoms with E-state index in [2.05, 4.69) is 5.32 Å². The summed E-state index contributed by atoms with van der Waals surface area (Å²) in [5.41, 5.74) is 5.53. The van der Waals surface area contributed by atoms with Gasteiger partial charge in [-0.05, 0) is 26.4 Å². The molecule has 0 spiro atoms. The molecule has 0 aromatic carbocycles. The predicted molar refractivity (Wildman–Crippen MR) is 110 cm³/mol. The van der Waals surface area contributed by atoms with E-state index in [4.69, 9.17) is 5.73 Å². The quantitative estimate of drug-likeness (QED) is 0.387. The van der Waals surface area contributed by atoms with Gasteiger partial charge in [-0.2, -0.15) is 0 Å². The summed E-state index contributed by atoms with van der Waals surface area (Å²) in [6.07, 6.45) is 2.43. The largest absolute Gasteiger partial charge is 0.338 e. The summed E-state index contributed by atoms with van der Waals surface area (Å²) < 4.78 is 0. The van der Waals surface area contributed by atoms with Gasteiger partial charge in [-0.15, -0.1) is 0 Å². The number of nitrogens with zero attached hydrogens (tertiary/aromatic N) is 2. The van der Waals surface area contributed by atoms with Crippen molar-refractivity contribution >= 4 is 23.4 Å². The lowest BCUT2D eigenvalue weighted by molar-refractivity contribution is -0.140. The maximum absolute atomic E-state index is 12.8. The fourth-order valence-electron chi connectivity index (χ4n) is 2.77. The fourth-order valence-corrected chi connectivity index (χ4v) is 2.77. The average Bonchev–Trinajstić information content (AvgIpc) is 2.64. The Morgan fingerprint density at radius 1 is 1.00 bits per heavy atom. The second-order valence-electron chi connectivity index (χ2n) is 7.64. The summed E-state index contributed by atoms with van der Waals surface area (Å²) in [5, 5.41) is 2.90. The van der Waals surface area contributed by atoms with Gasteiger partial charge in [0, 0.05) is 45.3 Å². The second kappa shape index (κ2) is 14.2. The number of carbonyl (C=O) groups is 4. The van der Waals surface area contributed by atoms with Crippen LogP contribution in [0.5, 0.6) is 0 Å². The third-order valence-corrected chi connectivity index (χ3v) is 4.67. The lowest BCUT2D eigenvalue weighted by Gasteiger charge is -2.24. The number of rotatable bonds is 15. The van der Waals surface area contributed by atoms with Gasteiger partial charge in [-0.25, -0.2) is 0 Å².